The van der Waals surface area contributed by atoms with Crippen LogP contribution in [0.25, 0.3) is 10.2 Å². The Balaban J connectivity index is 1.88. The van der Waals surface area contributed by atoms with Crippen molar-refractivity contribution in [1.82, 2.24) is 9.88 Å². The number of hydrogen-bond acceptors (Lipinski definition) is 7. The van der Waals surface area contributed by atoms with Crippen molar-refractivity contribution < 1.29 is 23.4 Å². The number of hydrogen-bond donors (Lipinski definition) is 0. The molecule has 30 heavy (non-hydrogen) atoms. The van der Waals surface area contributed by atoms with E-state index in [-0.39, 0.29) is 18.3 Å². The molecule has 0 bridgehead atoms. The van der Waals surface area contributed by atoms with Crippen molar-refractivity contribution >= 4 is 32.6 Å². The summed E-state index contributed by atoms with van der Waals surface area (Å²) in [5, 5.41) is 0.530. The van der Waals surface area contributed by atoms with Crippen molar-refractivity contribution in [3.8, 4) is 17.2 Å². The molecular formula is C21H24FN3O4S. The average molecular weight is 434 g/mol. The quantitative estimate of drug-likeness (QED) is 0.515. The number of anilines is 1. The zero-order valence-corrected chi connectivity index (χ0v) is 18.2. The number of methoxy groups -OCH3 is 2. The number of fused-ring (bicyclic) bond motifs is 1. The first-order chi connectivity index (χ1) is 14.4. The molecule has 3 aromatic rings. The molecular weight excluding hydrogens is 409 g/mol. The van der Waals surface area contributed by atoms with Gasteiger partial charge in [-0.1, -0.05) is 11.3 Å². The van der Waals surface area contributed by atoms with Gasteiger partial charge in [-0.25, -0.2) is 9.37 Å². The number of nitrogens with zero attached hydrogens (tertiary/aromatic N) is 3. The summed E-state index contributed by atoms with van der Waals surface area (Å²) in [5.41, 5.74) is 0.638. The predicted octanol–water partition coefficient (Wildman–Crippen LogP) is 3.43. The zero-order valence-electron chi connectivity index (χ0n) is 17.3. The van der Waals surface area contributed by atoms with Gasteiger partial charge >= 0.3 is 0 Å². The molecule has 0 N–H and O–H groups in total. The monoisotopic (exact) mass is 433 g/mol. The number of benzene rings is 2. The summed E-state index contributed by atoms with van der Waals surface area (Å²) >= 11 is 1.36. The SMILES string of the molecule is COc1ccc(OC)c2sc(N(CCN(C)C)C(=O)COc3ccc(F)cc3)nc12. The van der Waals surface area contributed by atoms with Crippen LogP contribution in [-0.4, -0.2) is 63.8 Å². The number of likely N-dealkylation sites (N-methyl/N-ethyl adjacent to an activating group) is 1. The minimum atomic E-state index is -0.362. The molecule has 1 amide bonds. The molecule has 2 aromatic carbocycles. The van der Waals surface area contributed by atoms with Gasteiger partial charge in [0.15, 0.2) is 11.7 Å². The van der Waals surface area contributed by atoms with Crippen LogP contribution in [0.5, 0.6) is 17.2 Å². The molecule has 0 aliphatic rings. The van der Waals surface area contributed by atoms with Crippen molar-refractivity contribution in [2.75, 3.05) is 52.9 Å². The summed E-state index contributed by atoms with van der Waals surface area (Å²) in [6, 6.07) is 9.15. The van der Waals surface area contributed by atoms with Gasteiger partial charge in [-0.05, 0) is 50.5 Å². The van der Waals surface area contributed by atoms with Crippen LogP contribution >= 0.6 is 11.3 Å². The van der Waals surface area contributed by atoms with Gasteiger partial charge in [-0.2, -0.15) is 0 Å². The molecule has 1 aromatic heterocycles. The smallest absolute Gasteiger partial charge is 0.266 e. The molecule has 0 aliphatic carbocycles. The molecule has 0 spiro atoms. The Labute approximate surface area is 178 Å². The van der Waals surface area contributed by atoms with Crippen molar-refractivity contribution in [2.24, 2.45) is 0 Å². The van der Waals surface area contributed by atoms with Gasteiger partial charge in [0.1, 0.15) is 33.3 Å². The molecule has 1 heterocycles. The third kappa shape index (κ3) is 4.98. The highest BCUT2D eigenvalue weighted by Gasteiger charge is 2.23. The molecule has 9 heteroatoms. The van der Waals surface area contributed by atoms with E-state index in [1.165, 1.54) is 35.6 Å². The Kier molecular flexibility index (Phi) is 7.07. The number of aromatic nitrogens is 1. The van der Waals surface area contributed by atoms with Crippen molar-refractivity contribution in [3.05, 3.63) is 42.2 Å². The number of carbonyl (C=O) groups is 1. The maximum atomic E-state index is 13.1. The van der Waals surface area contributed by atoms with E-state index >= 15 is 0 Å². The van der Waals surface area contributed by atoms with Crippen LogP contribution in [0.2, 0.25) is 0 Å². The highest BCUT2D eigenvalue weighted by Crippen LogP contribution is 2.40. The molecule has 0 saturated carbocycles. The third-order valence-electron chi connectivity index (χ3n) is 4.38. The van der Waals surface area contributed by atoms with Gasteiger partial charge in [0.05, 0.1) is 14.2 Å². The first-order valence-electron chi connectivity index (χ1n) is 9.28. The van der Waals surface area contributed by atoms with E-state index in [9.17, 15) is 9.18 Å². The van der Waals surface area contributed by atoms with E-state index in [0.29, 0.717) is 41.0 Å². The van der Waals surface area contributed by atoms with E-state index in [1.54, 1.807) is 25.2 Å². The van der Waals surface area contributed by atoms with Crippen LogP contribution < -0.4 is 19.1 Å². The van der Waals surface area contributed by atoms with E-state index in [0.717, 1.165) is 4.70 Å². The fourth-order valence-corrected chi connectivity index (χ4v) is 3.89. The number of rotatable bonds is 9. The van der Waals surface area contributed by atoms with Crippen LogP contribution in [0.15, 0.2) is 36.4 Å². The standard InChI is InChI=1S/C21H24FN3O4S/c1-24(2)11-12-25(18(26)13-29-15-7-5-14(22)6-8-15)21-23-19-16(27-3)9-10-17(28-4)20(19)30-21/h5-10H,11-13H2,1-4H3. The molecule has 0 unspecified atom stereocenters. The first kappa shape index (κ1) is 21.8. The number of ether oxygens (including phenoxy) is 3. The lowest BCUT2D eigenvalue weighted by molar-refractivity contribution is -0.120. The molecule has 160 valence electrons. The zero-order chi connectivity index (χ0) is 21.7. The fourth-order valence-electron chi connectivity index (χ4n) is 2.77. The summed E-state index contributed by atoms with van der Waals surface area (Å²) in [6.07, 6.45) is 0. The lowest BCUT2D eigenvalue weighted by Crippen LogP contribution is -2.39. The first-order valence-corrected chi connectivity index (χ1v) is 10.1. The highest BCUT2D eigenvalue weighted by atomic mass is 32.1. The van der Waals surface area contributed by atoms with Crippen molar-refractivity contribution in [1.29, 1.82) is 0 Å². The molecule has 0 radical (unpaired) electrons. The van der Waals surface area contributed by atoms with E-state index in [4.69, 9.17) is 14.2 Å². The molecule has 0 aliphatic heterocycles. The van der Waals surface area contributed by atoms with Crippen LogP contribution in [0, 0.1) is 5.82 Å². The minimum absolute atomic E-state index is 0.191. The van der Waals surface area contributed by atoms with Gasteiger partial charge < -0.3 is 19.1 Å². The summed E-state index contributed by atoms with van der Waals surface area (Å²) < 4.78 is 30.3. The van der Waals surface area contributed by atoms with Gasteiger partial charge in [-0.15, -0.1) is 0 Å². The normalized spacial score (nSPS) is 11.0. The lowest BCUT2D eigenvalue weighted by Gasteiger charge is -2.22. The van der Waals surface area contributed by atoms with E-state index in [2.05, 4.69) is 4.98 Å². The largest absolute Gasteiger partial charge is 0.495 e. The van der Waals surface area contributed by atoms with Crippen LogP contribution in [0.4, 0.5) is 9.52 Å². The molecule has 0 atom stereocenters. The Bertz CT molecular complexity index is 966. The van der Waals surface area contributed by atoms with Crippen LogP contribution in [0.1, 0.15) is 0 Å². The maximum absolute atomic E-state index is 13.1. The molecule has 7 nitrogen and oxygen atoms in total. The Morgan fingerprint density at radius 3 is 2.33 bits per heavy atom. The third-order valence-corrected chi connectivity index (χ3v) is 5.47. The topological polar surface area (TPSA) is 64.1 Å². The van der Waals surface area contributed by atoms with Crippen molar-refractivity contribution in [3.63, 3.8) is 0 Å². The van der Waals surface area contributed by atoms with Gasteiger partial charge in [-0.3, -0.25) is 9.69 Å². The lowest BCUT2D eigenvalue weighted by atomic mass is 10.3. The maximum Gasteiger partial charge on any atom is 0.266 e. The fraction of sp³-hybridized carbons (Fsp3) is 0.333. The van der Waals surface area contributed by atoms with Crippen LogP contribution in [-0.2, 0) is 4.79 Å². The van der Waals surface area contributed by atoms with Crippen LogP contribution in [0.3, 0.4) is 0 Å². The summed E-state index contributed by atoms with van der Waals surface area (Å²) in [7, 11) is 7.03. The summed E-state index contributed by atoms with van der Waals surface area (Å²) in [6.45, 7) is 0.888. The Morgan fingerprint density at radius 1 is 1.03 bits per heavy atom. The van der Waals surface area contributed by atoms with Gasteiger partial charge in [0, 0.05) is 13.1 Å². The second-order valence-electron chi connectivity index (χ2n) is 6.74. The van der Waals surface area contributed by atoms with E-state index < -0.39 is 0 Å². The van der Waals surface area contributed by atoms with Gasteiger partial charge in [0.2, 0.25) is 0 Å². The van der Waals surface area contributed by atoms with E-state index in [1.807, 2.05) is 25.1 Å². The predicted molar refractivity (Wildman–Crippen MR) is 116 cm³/mol. The minimum Gasteiger partial charge on any atom is -0.495 e. The molecule has 0 saturated heterocycles. The number of amides is 1. The van der Waals surface area contributed by atoms with Gasteiger partial charge in [0.25, 0.3) is 5.91 Å². The highest BCUT2D eigenvalue weighted by molar-refractivity contribution is 7.22. The summed E-state index contributed by atoms with van der Waals surface area (Å²) in [5.74, 6) is 1.08. The summed E-state index contributed by atoms with van der Waals surface area (Å²) in [4.78, 5) is 21.2. The number of halogens is 1. The molecule has 0 fully saturated rings. The second-order valence-corrected chi connectivity index (χ2v) is 7.71. The number of thiazole rings is 1. The second kappa shape index (κ2) is 9.73. The molecule has 3 rings (SSSR count). The Morgan fingerprint density at radius 2 is 1.70 bits per heavy atom. The average Bonchev–Trinajstić information content (AvgIpc) is 3.17. The number of carbonyl (C=O) groups excluding carboxylic acids is 1. The van der Waals surface area contributed by atoms with Crippen molar-refractivity contribution in [2.45, 2.75) is 0 Å². The Hall–Kier alpha value is -2.91.